The zero-order chi connectivity index (χ0) is 13.5. The molecule has 1 fully saturated rings. The summed E-state index contributed by atoms with van der Waals surface area (Å²) in [6.45, 7) is 2.42. The predicted molar refractivity (Wildman–Crippen MR) is 70.7 cm³/mol. The van der Waals surface area contributed by atoms with Crippen molar-refractivity contribution in [2.45, 2.75) is 19.3 Å². The van der Waals surface area contributed by atoms with Crippen LogP contribution in [-0.2, 0) is 0 Å². The van der Waals surface area contributed by atoms with Crippen LogP contribution in [0.2, 0.25) is 0 Å². The summed E-state index contributed by atoms with van der Waals surface area (Å²) in [5.74, 6) is 0.155. The molecule has 0 spiro atoms. The van der Waals surface area contributed by atoms with Crippen molar-refractivity contribution in [2.24, 2.45) is 0 Å². The number of nitrogens with one attached hydrogen (secondary N) is 1. The van der Waals surface area contributed by atoms with Crippen molar-refractivity contribution < 1.29 is 13.9 Å². The Morgan fingerprint density at radius 3 is 2.84 bits per heavy atom. The number of carbonyl (C=O) groups is 1. The van der Waals surface area contributed by atoms with E-state index in [2.05, 4.69) is 5.32 Å². The minimum atomic E-state index is -0.324. The standard InChI is InChI=1S/C14H19FN2O2/c15-12-5-4-6-13(11-12)19-10-7-16-14(18)17-8-2-1-3-9-17/h4-6,11H,1-3,7-10H2,(H,16,18). The molecule has 0 unspecified atom stereocenters. The Bertz CT molecular complexity index is 420. The molecule has 1 aromatic carbocycles. The fourth-order valence-electron chi connectivity index (χ4n) is 2.09. The van der Waals surface area contributed by atoms with E-state index >= 15 is 0 Å². The summed E-state index contributed by atoms with van der Waals surface area (Å²) < 4.78 is 18.2. The summed E-state index contributed by atoms with van der Waals surface area (Å²) in [6.07, 6.45) is 3.35. The van der Waals surface area contributed by atoms with E-state index in [1.54, 1.807) is 12.1 Å². The molecule has 19 heavy (non-hydrogen) atoms. The summed E-state index contributed by atoms with van der Waals surface area (Å²) in [7, 11) is 0. The third kappa shape index (κ3) is 4.43. The number of hydrogen-bond donors (Lipinski definition) is 1. The van der Waals surface area contributed by atoms with Gasteiger partial charge in [-0.05, 0) is 31.4 Å². The minimum absolute atomic E-state index is 0.0393. The van der Waals surface area contributed by atoms with Crippen molar-refractivity contribution in [1.82, 2.24) is 10.2 Å². The smallest absolute Gasteiger partial charge is 0.317 e. The number of ether oxygens (including phenoxy) is 1. The molecular formula is C14H19FN2O2. The number of urea groups is 1. The number of carbonyl (C=O) groups excluding carboxylic acids is 1. The lowest BCUT2D eigenvalue weighted by molar-refractivity contribution is 0.184. The van der Waals surface area contributed by atoms with Crippen molar-refractivity contribution >= 4 is 6.03 Å². The van der Waals surface area contributed by atoms with E-state index in [4.69, 9.17) is 4.74 Å². The summed E-state index contributed by atoms with van der Waals surface area (Å²) in [5.41, 5.74) is 0. The van der Waals surface area contributed by atoms with Gasteiger partial charge in [0.25, 0.3) is 0 Å². The van der Waals surface area contributed by atoms with Gasteiger partial charge in [0.15, 0.2) is 0 Å². The first kappa shape index (κ1) is 13.6. The van der Waals surface area contributed by atoms with Crippen LogP contribution in [0.3, 0.4) is 0 Å². The van der Waals surface area contributed by atoms with Gasteiger partial charge >= 0.3 is 6.03 Å². The second-order valence-corrected chi connectivity index (χ2v) is 4.59. The van der Waals surface area contributed by atoms with E-state index < -0.39 is 0 Å². The molecule has 1 saturated heterocycles. The first-order chi connectivity index (χ1) is 9.25. The van der Waals surface area contributed by atoms with Gasteiger partial charge in [-0.1, -0.05) is 6.07 Å². The van der Waals surface area contributed by atoms with Gasteiger partial charge in [0.05, 0.1) is 6.54 Å². The molecule has 0 bridgehead atoms. The molecule has 1 N–H and O–H groups in total. The molecule has 1 heterocycles. The van der Waals surface area contributed by atoms with Gasteiger partial charge in [-0.15, -0.1) is 0 Å². The van der Waals surface area contributed by atoms with Gasteiger partial charge in [0.1, 0.15) is 18.2 Å². The van der Waals surface area contributed by atoms with Gasteiger partial charge in [-0.2, -0.15) is 0 Å². The van der Waals surface area contributed by atoms with Crippen LogP contribution in [0, 0.1) is 5.82 Å². The van der Waals surface area contributed by atoms with Crippen LogP contribution in [-0.4, -0.2) is 37.2 Å². The first-order valence-electron chi connectivity index (χ1n) is 6.67. The topological polar surface area (TPSA) is 41.6 Å². The Morgan fingerprint density at radius 1 is 1.32 bits per heavy atom. The second-order valence-electron chi connectivity index (χ2n) is 4.59. The van der Waals surface area contributed by atoms with Gasteiger partial charge in [-0.3, -0.25) is 0 Å². The van der Waals surface area contributed by atoms with Crippen LogP contribution in [0.15, 0.2) is 24.3 Å². The summed E-state index contributed by atoms with van der Waals surface area (Å²) in [5, 5.41) is 2.81. The highest BCUT2D eigenvalue weighted by atomic mass is 19.1. The molecule has 1 aromatic rings. The van der Waals surface area contributed by atoms with Crippen LogP contribution in [0.5, 0.6) is 5.75 Å². The summed E-state index contributed by atoms with van der Waals surface area (Å²) >= 11 is 0. The largest absolute Gasteiger partial charge is 0.492 e. The average molecular weight is 266 g/mol. The molecular weight excluding hydrogens is 247 g/mol. The number of likely N-dealkylation sites (tertiary alicyclic amines) is 1. The highest BCUT2D eigenvalue weighted by Gasteiger charge is 2.15. The Kier molecular flexibility index (Phi) is 5.01. The normalized spacial score (nSPS) is 15.1. The van der Waals surface area contributed by atoms with Crippen molar-refractivity contribution in [3.05, 3.63) is 30.1 Å². The maximum atomic E-state index is 12.9. The number of nitrogens with zero attached hydrogens (tertiary/aromatic N) is 1. The number of hydrogen-bond acceptors (Lipinski definition) is 2. The number of halogens is 1. The number of amides is 2. The number of piperidine rings is 1. The molecule has 104 valence electrons. The zero-order valence-electron chi connectivity index (χ0n) is 10.9. The quantitative estimate of drug-likeness (QED) is 0.850. The van der Waals surface area contributed by atoms with E-state index in [9.17, 15) is 9.18 Å². The molecule has 0 aromatic heterocycles. The van der Waals surface area contributed by atoms with E-state index in [1.807, 2.05) is 4.90 Å². The van der Waals surface area contributed by atoms with Gasteiger partial charge < -0.3 is 15.0 Å². The average Bonchev–Trinajstić information content (AvgIpc) is 2.44. The van der Waals surface area contributed by atoms with Crippen LogP contribution < -0.4 is 10.1 Å². The Labute approximate surface area is 112 Å². The number of rotatable bonds is 4. The fourth-order valence-corrected chi connectivity index (χ4v) is 2.09. The molecule has 0 atom stereocenters. The van der Waals surface area contributed by atoms with Gasteiger partial charge in [0, 0.05) is 19.2 Å². The monoisotopic (exact) mass is 266 g/mol. The lowest BCUT2D eigenvalue weighted by Gasteiger charge is -2.26. The molecule has 1 aliphatic heterocycles. The number of benzene rings is 1. The van der Waals surface area contributed by atoms with E-state index in [0.717, 1.165) is 25.9 Å². The third-order valence-electron chi connectivity index (χ3n) is 3.09. The molecule has 5 heteroatoms. The Hall–Kier alpha value is -1.78. The van der Waals surface area contributed by atoms with Crippen LogP contribution in [0.25, 0.3) is 0 Å². The zero-order valence-corrected chi connectivity index (χ0v) is 10.9. The summed E-state index contributed by atoms with van der Waals surface area (Å²) in [6, 6.07) is 5.94. The molecule has 4 nitrogen and oxygen atoms in total. The second kappa shape index (κ2) is 6.97. The van der Waals surface area contributed by atoms with Crippen molar-refractivity contribution in [1.29, 1.82) is 0 Å². The predicted octanol–water partition coefficient (Wildman–Crippen LogP) is 2.40. The van der Waals surface area contributed by atoms with Crippen LogP contribution in [0.4, 0.5) is 9.18 Å². The van der Waals surface area contributed by atoms with Gasteiger partial charge in [0.2, 0.25) is 0 Å². The van der Waals surface area contributed by atoms with E-state index in [-0.39, 0.29) is 11.8 Å². The van der Waals surface area contributed by atoms with E-state index in [0.29, 0.717) is 18.9 Å². The maximum absolute atomic E-state index is 12.9. The van der Waals surface area contributed by atoms with Crippen molar-refractivity contribution in [3.8, 4) is 5.75 Å². The molecule has 0 saturated carbocycles. The first-order valence-corrected chi connectivity index (χ1v) is 6.67. The van der Waals surface area contributed by atoms with Crippen molar-refractivity contribution in [3.63, 3.8) is 0 Å². The van der Waals surface area contributed by atoms with Gasteiger partial charge in [-0.25, -0.2) is 9.18 Å². The molecule has 1 aliphatic rings. The molecule has 0 radical (unpaired) electrons. The lowest BCUT2D eigenvalue weighted by Crippen LogP contribution is -2.43. The lowest BCUT2D eigenvalue weighted by atomic mass is 10.1. The van der Waals surface area contributed by atoms with Crippen molar-refractivity contribution in [2.75, 3.05) is 26.2 Å². The SMILES string of the molecule is O=C(NCCOc1cccc(F)c1)N1CCCCC1. The molecule has 2 amide bonds. The minimum Gasteiger partial charge on any atom is -0.492 e. The summed E-state index contributed by atoms with van der Waals surface area (Å²) in [4.78, 5) is 13.6. The van der Waals surface area contributed by atoms with E-state index in [1.165, 1.54) is 18.6 Å². The van der Waals surface area contributed by atoms with Crippen LogP contribution in [0.1, 0.15) is 19.3 Å². The van der Waals surface area contributed by atoms with Crippen LogP contribution >= 0.6 is 0 Å². The highest BCUT2D eigenvalue weighted by Crippen LogP contribution is 2.11. The Balaban J connectivity index is 1.65. The highest BCUT2D eigenvalue weighted by molar-refractivity contribution is 5.74. The third-order valence-corrected chi connectivity index (χ3v) is 3.09. The fraction of sp³-hybridized carbons (Fsp3) is 0.500. The maximum Gasteiger partial charge on any atom is 0.317 e. The molecule has 0 aliphatic carbocycles. The molecule has 2 rings (SSSR count). The Morgan fingerprint density at radius 2 is 2.11 bits per heavy atom.